The number of likely N-dealkylation sites (N-methyl/N-ethyl adjacent to an activating group) is 1. The number of piperidine rings is 1. The molecule has 33 heavy (non-hydrogen) atoms. The fraction of sp³-hybridized carbons (Fsp3) is 0.667. The Labute approximate surface area is 197 Å². The number of piperazine rings is 1. The van der Waals surface area contributed by atoms with Gasteiger partial charge in [-0.25, -0.2) is 8.42 Å². The van der Waals surface area contributed by atoms with Crippen molar-refractivity contribution in [2.75, 3.05) is 57.3 Å². The average molecular weight is 477 g/mol. The minimum atomic E-state index is -3.54. The predicted molar refractivity (Wildman–Crippen MR) is 128 cm³/mol. The van der Waals surface area contributed by atoms with E-state index in [1.54, 1.807) is 27.4 Å². The van der Waals surface area contributed by atoms with Gasteiger partial charge in [0.1, 0.15) is 0 Å². The van der Waals surface area contributed by atoms with Crippen LogP contribution in [-0.2, 0) is 26.0 Å². The molecule has 0 atom stereocenters. The van der Waals surface area contributed by atoms with Crippen LogP contribution in [0.5, 0.6) is 0 Å². The fourth-order valence-corrected chi connectivity index (χ4v) is 6.47. The largest absolute Gasteiger partial charge is 0.343 e. The van der Waals surface area contributed by atoms with E-state index in [1.807, 2.05) is 4.90 Å². The molecular formula is C24H36N4O4S. The van der Waals surface area contributed by atoms with Crippen molar-refractivity contribution >= 4 is 27.5 Å². The van der Waals surface area contributed by atoms with Crippen LogP contribution in [0, 0.1) is 5.92 Å². The lowest BCUT2D eigenvalue weighted by Gasteiger charge is -2.33. The smallest absolute Gasteiger partial charge is 0.243 e. The minimum absolute atomic E-state index is 0.0549. The molecule has 0 spiro atoms. The molecule has 0 aliphatic carbocycles. The summed E-state index contributed by atoms with van der Waals surface area (Å²) in [6, 6.07) is 5.10. The van der Waals surface area contributed by atoms with Gasteiger partial charge in [0.15, 0.2) is 0 Å². The normalized spacial score (nSPS) is 20.8. The van der Waals surface area contributed by atoms with Crippen LogP contribution in [0.2, 0.25) is 0 Å². The van der Waals surface area contributed by atoms with Crippen molar-refractivity contribution < 1.29 is 18.0 Å². The molecule has 182 valence electrons. The van der Waals surface area contributed by atoms with Gasteiger partial charge in [0.2, 0.25) is 21.8 Å². The molecule has 3 heterocycles. The first-order chi connectivity index (χ1) is 15.8. The minimum Gasteiger partial charge on any atom is -0.343 e. The number of anilines is 1. The van der Waals surface area contributed by atoms with Gasteiger partial charge >= 0.3 is 0 Å². The number of rotatable bonds is 6. The van der Waals surface area contributed by atoms with Crippen molar-refractivity contribution in [1.82, 2.24) is 14.1 Å². The van der Waals surface area contributed by atoms with E-state index in [9.17, 15) is 18.0 Å². The van der Waals surface area contributed by atoms with Crippen molar-refractivity contribution in [3.05, 3.63) is 23.8 Å². The summed E-state index contributed by atoms with van der Waals surface area (Å²) in [5.41, 5.74) is 1.65. The number of amides is 2. The molecule has 0 unspecified atom stereocenters. The topological polar surface area (TPSA) is 81.2 Å². The Morgan fingerprint density at radius 1 is 0.939 bits per heavy atom. The van der Waals surface area contributed by atoms with Gasteiger partial charge < -0.3 is 14.7 Å². The molecule has 0 bridgehead atoms. The Morgan fingerprint density at radius 2 is 1.61 bits per heavy atom. The highest BCUT2D eigenvalue weighted by Gasteiger charge is 2.31. The van der Waals surface area contributed by atoms with Gasteiger partial charge in [-0.3, -0.25) is 9.59 Å². The van der Waals surface area contributed by atoms with Crippen LogP contribution in [0.15, 0.2) is 23.1 Å². The lowest BCUT2D eigenvalue weighted by atomic mass is 9.99. The monoisotopic (exact) mass is 476 g/mol. The Hall–Kier alpha value is -1.97. The highest BCUT2D eigenvalue weighted by atomic mass is 32.2. The molecule has 1 aromatic rings. The van der Waals surface area contributed by atoms with E-state index in [0.717, 1.165) is 56.8 Å². The third kappa shape index (κ3) is 5.25. The second-order valence-electron chi connectivity index (χ2n) is 9.49. The molecule has 0 saturated carbocycles. The van der Waals surface area contributed by atoms with E-state index in [2.05, 4.69) is 18.7 Å². The number of benzene rings is 1. The number of fused-ring (bicyclic) bond motifs is 1. The quantitative estimate of drug-likeness (QED) is 0.627. The maximum Gasteiger partial charge on any atom is 0.243 e. The van der Waals surface area contributed by atoms with E-state index in [1.165, 1.54) is 0 Å². The Morgan fingerprint density at radius 3 is 2.27 bits per heavy atom. The molecule has 2 amide bonds. The highest BCUT2D eigenvalue weighted by molar-refractivity contribution is 7.89. The lowest BCUT2D eigenvalue weighted by molar-refractivity contribution is -0.134. The SMILES string of the molecule is CCN1CCN(S(=O)(=O)c2ccc3c(c2)CCN3C(=O)CCC(=O)N2CCC(C)CC2)CC1. The number of carbonyl (C=O) groups excluding carboxylic acids is 2. The molecule has 2 fully saturated rings. The second-order valence-corrected chi connectivity index (χ2v) is 11.4. The Bertz CT molecular complexity index is 980. The molecule has 3 aliphatic rings. The van der Waals surface area contributed by atoms with Crippen molar-refractivity contribution in [2.24, 2.45) is 5.92 Å². The lowest BCUT2D eigenvalue weighted by Crippen LogP contribution is -2.48. The number of likely N-dealkylation sites (tertiary alicyclic amines) is 1. The molecular weight excluding hydrogens is 440 g/mol. The van der Waals surface area contributed by atoms with Gasteiger partial charge in [-0.1, -0.05) is 13.8 Å². The van der Waals surface area contributed by atoms with Crippen molar-refractivity contribution in [2.45, 2.75) is 50.8 Å². The molecule has 8 nitrogen and oxygen atoms in total. The van der Waals surface area contributed by atoms with E-state index in [4.69, 9.17) is 0 Å². The van der Waals surface area contributed by atoms with Gasteiger partial charge in [-0.2, -0.15) is 4.31 Å². The number of hydrogen-bond donors (Lipinski definition) is 0. The number of carbonyl (C=O) groups is 2. The van der Waals surface area contributed by atoms with Gasteiger partial charge in [0.25, 0.3) is 0 Å². The van der Waals surface area contributed by atoms with Gasteiger partial charge in [-0.15, -0.1) is 0 Å². The van der Waals surface area contributed by atoms with Gasteiger partial charge in [-0.05, 0) is 55.5 Å². The van der Waals surface area contributed by atoms with Crippen LogP contribution in [0.3, 0.4) is 0 Å². The van der Waals surface area contributed by atoms with E-state index in [-0.39, 0.29) is 24.7 Å². The zero-order chi connectivity index (χ0) is 23.6. The Kier molecular flexibility index (Phi) is 7.40. The van der Waals surface area contributed by atoms with Gasteiger partial charge in [0.05, 0.1) is 4.90 Å². The Balaban J connectivity index is 1.37. The van der Waals surface area contributed by atoms with Gasteiger partial charge in [0, 0.05) is 64.3 Å². The first-order valence-corrected chi connectivity index (χ1v) is 13.7. The molecule has 2 saturated heterocycles. The third-order valence-electron chi connectivity index (χ3n) is 7.35. The number of hydrogen-bond acceptors (Lipinski definition) is 5. The zero-order valence-corrected chi connectivity index (χ0v) is 20.6. The third-order valence-corrected chi connectivity index (χ3v) is 9.25. The summed E-state index contributed by atoms with van der Waals surface area (Å²) in [5, 5.41) is 0. The average Bonchev–Trinajstić information content (AvgIpc) is 3.26. The molecule has 0 aromatic heterocycles. The fourth-order valence-electron chi connectivity index (χ4n) is 5.00. The molecule has 3 aliphatic heterocycles. The summed E-state index contributed by atoms with van der Waals surface area (Å²) in [6.45, 7) is 9.82. The summed E-state index contributed by atoms with van der Waals surface area (Å²) < 4.78 is 27.8. The van der Waals surface area contributed by atoms with Crippen molar-refractivity contribution in [1.29, 1.82) is 0 Å². The second kappa shape index (κ2) is 10.1. The van der Waals surface area contributed by atoms with Crippen LogP contribution in [0.25, 0.3) is 0 Å². The molecule has 0 radical (unpaired) electrons. The maximum absolute atomic E-state index is 13.1. The van der Waals surface area contributed by atoms with E-state index in [0.29, 0.717) is 36.9 Å². The van der Waals surface area contributed by atoms with Crippen LogP contribution >= 0.6 is 0 Å². The van der Waals surface area contributed by atoms with Crippen molar-refractivity contribution in [3.63, 3.8) is 0 Å². The highest BCUT2D eigenvalue weighted by Crippen LogP contribution is 2.32. The summed E-state index contributed by atoms with van der Waals surface area (Å²) in [5.74, 6) is 0.643. The first kappa shape index (κ1) is 24.2. The van der Waals surface area contributed by atoms with Crippen LogP contribution in [0.4, 0.5) is 5.69 Å². The van der Waals surface area contributed by atoms with E-state index < -0.39 is 10.0 Å². The standard InChI is InChI=1S/C24H36N4O4S/c1-3-25-14-16-27(17-15-25)33(31,32)21-4-5-22-20(18-21)10-13-28(22)24(30)7-6-23(29)26-11-8-19(2)9-12-26/h4-5,18-19H,3,6-17H2,1-2H3. The van der Waals surface area contributed by atoms with Crippen LogP contribution in [0.1, 0.15) is 45.1 Å². The maximum atomic E-state index is 13.1. The van der Waals surface area contributed by atoms with Crippen molar-refractivity contribution in [3.8, 4) is 0 Å². The molecule has 9 heteroatoms. The first-order valence-electron chi connectivity index (χ1n) is 12.2. The summed E-state index contributed by atoms with van der Waals surface area (Å²) in [6.07, 6.45) is 3.10. The zero-order valence-electron chi connectivity index (χ0n) is 19.8. The molecule has 4 rings (SSSR count). The van der Waals surface area contributed by atoms with E-state index >= 15 is 0 Å². The molecule has 0 N–H and O–H groups in total. The predicted octanol–water partition coefficient (Wildman–Crippen LogP) is 1.94. The van der Waals surface area contributed by atoms with Crippen LogP contribution < -0.4 is 4.90 Å². The number of sulfonamides is 1. The summed E-state index contributed by atoms with van der Waals surface area (Å²) in [7, 11) is -3.54. The van der Waals surface area contributed by atoms with Crippen LogP contribution in [-0.4, -0.2) is 86.7 Å². The summed E-state index contributed by atoms with van der Waals surface area (Å²) in [4.78, 5) is 31.5. The number of nitrogens with zero attached hydrogens (tertiary/aromatic N) is 4. The summed E-state index contributed by atoms with van der Waals surface area (Å²) >= 11 is 0. The molecule has 1 aromatic carbocycles.